The molecule has 0 saturated carbocycles. The number of benzene rings is 6. The van der Waals surface area contributed by atoms with Crippen LogP contribution >= 0.6 is 0 Å². The molecule has 0 unspecified atom stereocenters. The van der Waals surface area contributed by atoms with Gasteiger partial charge in [0, 0.05) is 17.8 Å². The van der Waals surface area contributed by atoms with Gasteiger partial charge >= 0.3 is 5.97 Å². The number of rotatable bonds is 13. The molecule has 10 nitrogen and oxygen atoms in total. The molecule has 0 aromatic heterocycles. The Morgan fingerprint density at radius 2 is 0.865 bits per heavy atom. The van der Waals surface area contributed by atoms with E-state index in [2.05, 4.69) is 10.6 Å². The van der Waals surface area contributed by atoms with E-state index >= 15 is 0 Å². The number of hydrogen-bond acceptors (Lipinski definition) is 7. The van der Waals surface area contributed by atoms with Gasteiger partial charge in [-0.2, -0.15) is 0 Å². The predicted molar refractivity (Wildman–Crippen MR) is 199 cm³/mol. The van der Waals surface area contributed by atoms with E-state index < -0.39 is 11.9 Å². The standard InChI is InChI=1S/C21H17NO5.C21H19NO3/c23-20(14-26-15-7-3-1-4-8-15)22-19-13-17(11-12-18(19)21(24)25)27-16-9-5-2-6-10-16;1-16-12-13-19(25-18-10-6-3-7-11-18)14-20(16)22-21(23)15-24-17-8-4-2-5-9-17/h1-13H,14H2,(H,22,23)(H,24,25);2-14H,15H2,1H3,(H,22,23). The normalized spacial score (nSPS) is 10.1. The first-order chi connectivity index (χ1) is 25.3. The van der Waals surface area contributed by atoms with Gasteiger partial charge in [0.05, 0.1) is 11.3 Å². The first-order valence-electron chi connectivity index (χ1n) is 16.2. The highest BCUT2D eigenvalue weighted by molar-refractivity contribution is 6.01. The molecule has 6 rings (SSSR count). The molecule has 0 heterocycles. The number of para-hydroxylation sites is 4. The lowest BCUT2D eigenvalue weighted by atomic mass is 10.1. The van der Waals surface area contributed by atoms with Crippen LogP contribution in [0.2, 0.25) is 0 Å². The van der Waals surface area contributed by atoms with E-state index in [1.165, 1.54) is 18.2 Å². The number of aryl methyl sites for hydroxylation is 1. The number of carbonyl (C=O) groups excluding carboxylic acids is 2. The number of carboxylic acid groups (broad SMARTS) is 1. The number of aromatic carboxylic acids is 1. The van der Waals surface area contributed by atoms with Crippen molar-refractivity contribution in [2.24, 2.45) is 0 Å². The van der Waals surface area contributed by atoms with Crippen molar-refractivity contribution in [3.05, 3.63) is 169 Å². The van der Waals surface area contributed by atoms with Gasteiger partial charge in [-0.25, -0.2) is 4.79 Å². The molecule has 3 N–H and O–H groups in total. The Kier molecular flexibility index (Phi) is 13.0. The third kappa shape index (κ3) is 11.5. The van der Waals surface area contributed by atoms with Crippen molar-refractivity contribution in [3.8, 4) is 34.5 Å². The maximum atomic E-state index is 12.2. The lowest BCUT2D eigenvalue weighted by Gasteiger charge is -2.12. The Morgan fingerprint density at radius 3 is 1.31 bits per heavy atom. The molecule has 0 aliphatic heterocycles. The number of hydrogen-bond donors (Lipinski definition) is 3. The lowest BCUT2D eigenvalue weighted by molar-refractivity contribution is -0.118. The van der Waals surface area contributed by atoms with Gasteiger partial charge in [0.25, 0.3) is 11.8 Å². The topological polar surface area (TPSA) is 132 Å². The molecule has 0 aliphatic carbocycles. The largest absolute Gasteiger partial charge is 0.484 e. The van der Waals surface area contributed by atoms with Gasteiger partial charge in [-0.3, -0.25) is 9.59 Å². The van der Waals surface area contributed by atoms with E-state index in [0.717, 1.165) is 11.3 Å². The van der Waals surface area contributed by atoms with Crippen molar-refractivity contribution in [1.29, 1.82) is 0 Å². The van der Waals surface area contributed by atoms with E-state index in [9.17, 15) is 19.5 Å². The molecule has 0 spiro atoms. The summed E-state index contributed by atoms with van der Waals surface area (Å²) in [5, 5.41) is 14.8. The number of carbonyl (C=O) groups is 3. The second kappa shape index (κ2) is 18.6. The summed E-state index contributed by atoms with van der Waals surface area (Å²) in [6.07, 6.45) is 0. The summed E-state index contributed by atoms with van der Waals surface area (Å²) in [5.41, 5.74) is 1.75. The molecule has 2 amide bonds. The van der Waals surface area contributed by atoms with Crippen LogP contribution in [0, 0.1) is 6.92 Å². The van der Waals surface area contributed by atoms with Gasteiger partial charge in [-0.1, -0.05) is 78.9 Å². The SMILES string of the molecule is Cc1ccc(Oc2ccccc2)cc1NC(=O)COc1ccccc1.O=C(COc1ccccc1)Nc1cc(Oc2ccccc2)ccc1C(=O)O. The van der Waals surface area contributed by atoms with Gasteiger partial charge in [-0.05, 0) is 79.2 Å². The third-order valence-electron chi connectivity index (χ3n) is 7.16. The number of carboxylic acids is 1. The summed E-state index contributed by atoms with van der Waals surface area (Å²) < 4.78 is 22.3. The molecule has 262 valence electrons. The first kappa shape index (κ1) is 36.2. The minimum absolute atomic E-state index is 0.0385. The summed E-state index contributed by atoms with van der Waals surface area (Å²) in [5.74, 6) is 1.79. The third-order valence-corrected chi connectivity index (χ3v) is 7.16. The van der Waals surface area contributed by atoms with Crippen LogP contribution in [0.25, 0.3) is 0 Å². The molecule has 52 heavy (non-hydrogen) atoms. The highest BCUT2D eigenvalue weighted by Crippen LogP contribution is 2.28. The summed E-state index contributed by atoms with van der Waals surface area (Å²) in [6, 6.07) is 46.7. The zero-order valence-corrected chi connectivity index (χ0v) is 28.2. The number of nitrogens with one attached hydrogen (secondary N) is 2. The quantitative estimate of drug-likeness (QED) is 0.109. The summed E-state index contributed by atoms with van der Waals surface area (Å²) in [6.45, 7) is 1.64. The van der Waals surface area contributed by atoms with Crippen LogP contribution < -0.4 is 29.6 Å². The first-order valence-corrected chi connectivity index (χ1v) is 16.2. The summed E-state index contributed by atoms with van der Waals surface area (Å²) in [4.78, 5) is 35.7. The smallest absolute Gasteiger partial charge is 0.337 e. The van der Waals surface area contributed by atoms with Gasteiger partial charge in [0.2, 0.25) is 0 Å². The van der Waals surface area contributed by atoms with Crippen LogP contribution in [-0.4, -0.2) is 36.1 Å². The van der Waals surface area contributed by atoms with Crippen LogP contribution in [0.5, 0.6) is 34.5 Å². The fourth-order valence-corrected chi connectivity index (χ4v) is 4.63. The Bertz CT molecular complexity index is 2060. The van der Waals surface area contributed by atoms with E-state index in [4.69, 9.17) is 18.9 Å². The molecule has 0 fully saturated rings. The van der Waals surface area contributed by atoms with E-state index in [0.29, 0.717) is 34.4 Å². The number of ether oxygens (including phenoxy) is 4. The van der Waals surface area contributed by atoms with Crippen LogP contribution in [0.15, 0.2) is 158 Å². The highest BCUT2D eigenvalue weighted by Gasteiger charge is 2.15. The van der Waals surface area contributed by atoms with Crippen LogP contribution in [0.4, 0.5) is 11.4 Å². The molecular weight excluding hydrogens is 660 g/mol. The van der Waals surface area contributed by atoms with E-state index in [1.54, 1.807) is 36.4 Å². The number of amides is 2. The Morgan fingerprint density at radius 1 is 0.481 bits per heavy atom. The Hall–Kier alpha value is -7.07. The second-order valence-corrected chi connectivity index (χ2v) is 11.1. The predicted octanol–water partition coefficient (Wildman–Crippen LogP) is 9.00. The summed E-state index contributed by atoms with van der Waals surface area (Å²) >= 11 is 0. The maximum absolute atomic E-state index is 12.2. The molecule has 6 aromatic carbocycles. The molecule has 0 bridgehead atoms. The van der Waals surface area contributed by atoms with Crippen molar-refractivity contribution in [2.75, 3.05) is 23.8 Å². The summed E-state index contributed by atoms with van der Waals surface area (Å²) in [7, 11) is 0. The fourth-order valence-electron chi connectivity index (χ4n) is 4.63. The minimum Gasteiger partial charge on any atom is -0.484 e. The van der Waals surface area contributed by atoms with Crippen molar-refractivity contribution >= 4 is 29.2 Å². The Labute approximate surface area is 301 Å². The molecule has 0 atom stereocenters. The number of anilines is 2. The Balaban J connectivity index is 0.000000202. The van der Waals surface area contributed by atoms with Crippen molar-refractivity contribution in [2.45, 2.75) is 6.92 Å². The highest BCUT2D eigenvalue weighted by atomic mass is 16.5. The van der Waals surface area contributed by atoms with Crippen molar-refractivity contribution < 1.29 is 38.4 Å². The van der Waals surface area contributed by atoms with Crippen molar-refractivity contribution in [3.63, 3.8) is 0 Å². The molecular formula is C42H36N2O8. The van der Waals surface area contributed by atoms with Gasteiger partial charge in [0.15, 0.2) is 13.2 Å². The van der Waals surface area contributed by atoms with E-state index in [1.807, 2.05) is 110 Å². The lowest BCUT2D eigenvalue weighted by Crippen LogP contribution is -2.21. The van der Waals surface area contributed by atoms with Crippen LogP contribution in [0.1, 0.15) is 15.9 Å². The average Bonchev–Trinajstić information content (AvgIpc) is 3.16. The van der Waals surface area contributed by atoms with Crippen LogP contribution in [0.3, 0.4) is 0 Å². The molecule has 10 heteroatoms. The monoisotopic (exact) mass is 696 g/mol. The molecule has 0 aliphatic rings. The molecule has 0 radical (unpaired) electrons. The second-order valence-electron chi connectivity index (χ2n) is 11.1. The average molecular weight is 697 g/mol. The fraction of sp³-hybridized carbons (Fsp3) is 0.0714. The zero-order valence-electron chi connectivity index (χ0n) is 28.2. The van der Waals surface area contributed by atoms with Crippen LogP contribution in [-0.2, 0) is 9.59 Å². The van der Waals surface area contributed by atoms with Gasteiger partial charge in [-0.15, -0.1) is 0 Å². The zero-order chi connectivity index (χ0) is 36.5. The van der Waals surface area contributed by atoms with Gasteiger partial charge < -0.3 is 34.7 Å². The minimum atomic E-state index is -1.15. The van der Waals surface area contributed by atoms with E-state index in [-0.39, 0.29) is 30.4 Å². The molecule has 0 saturated heterocycles. The maximum Gasteiger partial charge on any atom is 0.337 e. The molecule has 6 aromatic rings. The van der Waals surface area contributed by atoms with Crippen molar-refractivity contribution in [1.82, 2.24) is 0 Å². The van der Waals surface area contributed by atoms with Gasteiger partial charge in [0.1, 0.15) is 34.5 Å².